The van der Waals surface area contributed by atoms with E-state index < -0.39 is 0 Å². The summed E-state index contributed by atoms with van der Waals surface area (Å²) in [7, 11) is 1.66. The molecule has 0 saturated heterocycles. The van der Waals surface area contributed by atoms with E-state index in [1.807, 2.05) is 35.0 Å². The summed E-state index contributed by atoms with van der Waals surface area (Å²) >= 11 is 0. The van der Waals surface area contributed by atoms with Crippen molar-refractivity contribution in [1.29, 1.82) is 0 Å². The van der Waals surface area contributed by atoms with Gasteiger partial charge in [0.15, 0.2) is 0 Å². The van der Waals surface area contributed by atoms with Gasteiger partial charge in [-0.2, -0.15) is 4.98 Å². The number of fused-ring (bicyclic) bond motifs is 1. The predicted octanol–water partition coefficient (Wildman–Crippen LogP) is 3.39. The fraction of sp³-hybridized carbons (Fsp3) is 0.250. The lowest BCUT2D eigenvalue weighted by atomic mass is 9.93. The van der Waals surface area contributed by atoms with Gasteiger partial charge in [0.1, 0.15) is 5.75 Å². The number of nitrogens with zero attached hydrogens (tertiary/aromatic N) is 3. The number of hydrogen-bond donors (Lipinski definition) is 2. The van der Waals surface area contributed by atoms with E-state index in [1.54, 1.807) is 7.11 Å². The molecule has 27 heavy (non-hydrogen) atoms. The van der Waals surface area contributed by atoms with Gasteiger partial charge in [-0.15, -0.1) is 5.10 Å². The van der Waals surface area contributed by atoms with Crippen molar-refractivity contribution in [2.45, 2.75) is 25.4 Å². The van der Waals surface area contributed by atoms with E-state index in [0.717, 1.165) is 23.3 Å². The van der Waals surface area contributed by atoms with Crippen LogP contribution in [0.4, 0.5) is 11.9 Å². The van der Waals surface area contributed by atoms with Gasteiger partial charge in [0.25, 0.3) is 5.95 Å². The highest BCUT2D eigenvalue weighted by Crippen LogP contribution is 2.38. The highest BCUT2D eigenvalue weighted by Gasteiger charge is 2.31. The first-order valence-electron chi connectivity index (χ1n) is 8.83. The number of carbonyl (C=O) groups excluding carboxylic acids is 1. The van der Waals surface area contributed by atoms with E-state index in [4.69, 9.17) is 4.74 Å². The standard InChI is InChI=1S/C20H21N5O2/c1-13(26)21-19-23-20-22-17(14-8-10-16(27-2)11-9-14)12-18(25(20)24-19)15-6-4-3-5-7-15/h3-11,17-18H,12H2,1-2H3,(H2,21,22,23,24,26)/t17-,18+/m1/s1. The summed E-state index contributed by atoms with van der Waals surface area (Å²) in [6, 6.07) is 18.3. The number of aromatic nitrogens is 3. The van der Waals surface area contributed by atoms with Crippen molar-refractivity contribution in [3.63, 3.8) is 0 Å². The third-order valence-corrected chi connectivity index (χ3v) is 4.68. The van der Waals surface area contributed by atoms with Gasteiger partial charge < -0.3 is 10.1 Å². The zero-order valence-electron chi connectivity index (χ0n) is 15.2. The van der Waals surface area contributed by atoms with Crippen LogP contribution in [-0.2, 0) is 4.79 Å². The molecule has 0 saturated carbocycles. The normalized spacial score (nSPS) is 18.3. The van der Waals surface area contributed by atoms with Crippen LogP contribution in [0.15, 0.2) is 54.6 Å². The van der Waals surface area contributed by atoms with Gasteiger partial charge in [-0.25, -0.2) is 4.68 Å². The second kappa shape index (κ2) is 7.11. The fourth-order valence-corrected chi connectivity index (χ4v) is 3.40. The molecule has 1 aromatic heterocycles. The summed E-state index contributed by atoms with van der Waals surface area (Å²) in [5.41, 5.74) is 2.30. The lowest BCUT2D eigenvalue weighted by Gasteiger charge is -2.31. The Balaban J connectivity index is 1.71. The zero-order valence-corrected chi connectivity index (χ0v) is 15.2. The maximum absolute atomic E-state index is 11.4. The summed E-state index contributed by atoms with van der Waals surface area (Å²) in [6.07, 6.45) is 0.812. The molecule has 1 aliphatic heterocycles. The molecule has 0 bridgehead atoms. The molecule has 3 aromatic rings. The minimum absolute atomic E-state index is 0.0181. The van der Waals surface area contributed by atoms with Crippen LogP contribution in [0, 0.1) is 0 Å². The van der Waals surface area contributed by atoms with E-state index in [9.17, 15) is 4.79 Å². The third kappa shape index (κ3) is 3.48. The largest absolute Gasteiger partial charge is 0.497 e. The molecule has 2 N–H and O–H groups in total. The van der Waals surface area contributed by atoms with Crippen molar-refractivity contribution in [1.82, 2.24) is 14.8 Å². The summed E-state index contributed by atoms with van der Waals surface area (Å²) in [4.78, 5) is 15.9. The third-order valence-electron chi connectivity index (χ3n) is 4.68. The first-order valence-corrected chi connectivity index (χ1v) is 8.83. The summed E-state index contributed by atoms with van der Waals surface area (Å²) < 4.78 is 7.10. The number of rotatable bonds is 4. The topological polar surface area (TPSA) is 81.1 Å². The molecule has 0 radical (unpaired) electrons. The Bertz CT molecular complexity index is 937. The van der Waals surface area contributed by atoms with Crippen LogP contribution in [0.2, 0.25) is 0 Å². The van der Waals surface area contributed by atoms with Crippen LogP contribution in [0.1, 0.15) is 36.6 Å². The Morgan fingerprint density at radius 3 is 2.56 bits per heavy atom. The summed E-state index contributed by atoms with van der Waals surface area (Å²) in [5.74, 6) is 1.58. The average Bonchev–Trinajstić information content (AvgIpc) is 3.09. The van der Waals surface area contributed by atoms with E-state index in [-0.39, 0.29) is 18.0 Å². The molecule has 1 amide bonds. The average molecular weight is 363 g/mol. The van der Waals surface area contributed by atoms with Crippen LogP contribution < -0.4 is 15.4 Å². The molecule has 7 nitrogen and oxygen atoms in total. The summed E-state index contributed by atoms with van der Waals surface area (Å²) in [5, 5.41) is 10.6. The minimum atomic E-state index is -0.194. The number of amides is 1. The van der Waals surface area contributed by atoms with E-state index in [0.29, 0.717) is 11.9 Å². The molecule has 0 fully saturated rings. The molecule has 4 rings (SSSR count). The molecule has 0 spiro atoms. The van der Waals surface area contributed by atoms with E-state index in [2.05, 4.69) is 45.0 Å². The highest BCUT2D eigenvalue weighted by molar-refractivity contribution is 5.86. The maximum atomic E-state index is 11.4. The van der Waals surface area contributed by atoms with Crippen LogP contribution in [-0.4, -0.2) is 27.8 Å². The molecule has 7 heteroatoms. The van der Waals surface area contributed by atoms with Crippen LogP contribution in [0.25, 0.3) is 0 Å². The smallest absolute Gasteiger partial charge is 0.250 e. The molecular weight excluding hydrogens is 342 g/mol. The van der Waals surface area contributed by atoms with Crippen molar-refractivity contribution >= 4 is 17.8 Å². The van der Waals surface area contributed by atoms with Crippen molar-refractivity contribution in [2.75, 3.05) is 17.7 Å². The minimum Gasteiger partial charge on any atom is -0.497 e. The Morgan fingerprint density at radius 1 is 1.15 bits per heavy atom. The van der Waals surface area contributed by atoms with Crippen LogP contribution in [0.5, 0.6) is 5.75 Å². The maximum Gasteiger partial charge on any atom is 0.250 e. The lowest BCUT2D eigenvalue weighted by molar-refractivity contribution is -0.114. The Kier molecular flexibility index (Phi) is 4.50. The number of benzene rings is 2. The Morgan fingerprint density at radius 2 is 1.89 bits per heavy atom. The fourth-order valence-electron chi connectivity index (χ4n) is 3.40. The van der Waals surface area contributed by atoms with Gasteiger partial charge in [0.2, 0.25) is 11.9 Å². The first-order chi connectivity index (χ1) is 13.1. The van der Waals surface area contributed by atoms with Gasteiger partial charge in [-0.1, -0.05) is 42.5 Å². The molecule has 2 aromatic carbocycles. The van der Waals surface area contributed by atoms with Crippen molar-refractivity contribution < 1.29 is 9.53 Å². The van der Waals surface area contributed by atoms with Crippen LogP contribution in [0.3, 0.4) is 0 Å². The molecule has 2 heterocycles. The van der Waals surface area contributed by atoms with Gasteiger partial charge in [-0.3, -0.25) is 10.1 Å². The van der Waals surface area contributed by atoms with Gasteiger partial charge in [0, 0.05) is 6.92 Å². The highest BCUT2D eigenvalue weighted by atomic mass is 16.5. The second-order valence-electron chi connectivity index (χ2n) is 6.52. The number of anilines is 2. The molecule has 138 valence electrons. The Hall–Kier alpha value is -3.35. The number of carbonyl (C=O) groups is 1. The SMILES string of the molecule is COc1ccc([C@H]2C[C@@H](c3ccccc3)n3nc(NC(C)=O)nc3N2)cc1. The zero-order chi connectivity index (χ0) is 18.8. The van der Waals surface area contributed by atoms with Gasteiger partial charge in [-0.05, 0) is 29.7 Å². The van der Waals surface area contributed by atoms with E-state index >= 15 is 0 Å². The van der Waals surface area contributed by atoms with Crippen molar-refractivity contribution in [3.05, 3.63) is 65.7 Å². The molecule has 0 unspecified atom stereocenters. The molecule has 2 atom stereocenters. The van der Waals surface area contributed by atoms with E-state index in [1.165, 1.54) is 6.92 Å². The van der Waals surface area contributed by atoms with Crippen LogP contribution >= 0.6 is 0 Å². The molecular formula is C20H21N5O2. The Labute approximate surface area is 157 Å². The first kappa shape index (κ1) is 17.1. The van der Waals surface area contributed by atoms with Gasteiger partial charge in [0.05, 0.1) is 19.2 Å². The molecule has 1 aliphatic rings. The number of ether oxygens (including phenoxy) is 1. The monoisotopic (exact) mass is 363 g/mol. The predicted molar refractivity (Wildman–Crippen MR) is 103 cm³/mol. The number of hydrogen-bond acceptors (Lipinski definition) is 5. The number of methoxy groups -OCH3 is 1. The quantitative estimate of drug-likeness (QED) is 0.743. The second-order valence-corrected chi connectivity index (χ2v) is 6.52. The van der Waals surface area contributed by atoms with Crippen molar-refractivity contribution in [2.24, 2.45) is 0 Å². The molecule has 0 aliphatic carbocycles. The number of nitrogens with one attached hydrogen (secondary N) is 2. The lowest BCUT2D eigenvalue weighted by Crippen LogP contribution is -2.28. The van der Waals surface area contributed by atoms with Crippen molar-refractivity contribution in [3.8, 4) is 5.75 Å². The summed E-state index contributed by atoms with van der Waals surface area (Å²) in [6.45, 7) is 1.45. The van der Waals surface area contributed by atoms with Gasteiger partial charge >= 0.3 is 0 Å².